The number of benzene rings is 3. The van der Waals surface area contributed by atoms with Crippen LogP contribution in [0.5, 0.6) is 11.5 Å². The molecule has 0 radical (unpaired) electrons. The number of hydrogen-bond donors (Lipinski definition) is 2. The summed E-state index contributed by atoms with van der Waals surface area (Å²) in [6, 6.07) is 22.7. The normalized spacial score (nSPS) is 13.8. The molecule has 0 atom stereocenters. The van der Waals surface area contributed by atoms with Crippen LogP contribution in [0, 0.1) is 0 Å². The summed E-state index contributed by atoms with van der Waals surface area (Å²) >= 11 is 5.94. The zero-order chi connectivity index (χ0) is 28.7. The molecule has 1 aliphatic rings. The predicted octanol–water partition coefficient (Wildman–Crippen LogP) is 6.26. The van der Waals surface area contributed by atoms with Crippen LogP contribution < -0.4 is 10.1 Å². The van der Waals surface area contributed by atoms with Crippen LogP contribution >= 0.6 is 11.6 Å². The minimum atomic E-state index is -5.08. The number of carbonyl (C=O) groups is 2. The summed E-state index contributed by atoms with van der Waals surface area (Å²) in [5.41, 5.74) is 1.81. The van der Waals surface area contributed by atoms with E-state index in [1.807, 2.05) is 66.7 Å². The minimum Gasteiger partial charge on any atom is -0.475 e. The number of halogens is 4. The molecule has 13 heteroatoms. The summed E-state index contributed by atoms with van der Waals surface area (Å²) in [7, 11) is 0. The number of nitrogens with zero attached hydrogens (tertiary/aromatic N) is 3. The Bertz CT molecular complexity index is 1450. The number of carboxylic acids is 1. The van der Waals surface area contributed by atoms with Gasteiger partial charge >= 0.3 is 18.2 Å². The van der Waals surface area contributed by atoms with Crippen LogP contribution in [0.25, 0.3) is 11.0 Å². The number of piperazine rings is 1. The number of carboxylic acid groups (broad SMARTS) is 1. The van der Waals surface area contributed by atoms with Gasteiger partial charge in [0.2, 0.25) is 0 Å². The van der Waals surface area contributed by atoms with Crippen molar-refractivity contribution in [1.82, 2.24) is 15.0 Å². The Kier molecular flexibility index (Phi) is 9.12. The summed E-state index contributed by atoms with van der Waals surface area (Å²) in [6.45, 7) is 3.65. The smallest absolute Gasteiger partial charge is 0.475 e. The number of aromatic nitrogens is 1. The Balaban J connectivity index is 0.000000470. The standard InChI is InChI=1S/C25H23ClN4O3.C2HF3O2/c26-19-8-10-20(11-9-19)32-21-5-3-4-18(16-21)17-29-12-14-30(15-13-29)25(31)27-24-22-6-1-2-7-23(22)33-28-24;3-2(4,5)1(6)7/h1-11,16H,12-15,17H2,(H,27,28,31);(H,6,7). The van der Waals surface area contributed by atoms with E-state index in [-0.39, 0.29) is 6.03 Å². The first-order chi connectivity index (χ1) is 19.1. The van der Waals surface area contributed by atoms with E-state index < -0.39 is 12.1 Å². The van der Waals surface area contributed by atoms with Gasteiger partial charge in [-0.2, -0.15) is 13.2 Å². The lowest BCUT2D eigenvalue weighted by Crippen LogP contribution is -2.49. The number of ether oxygens (including phenoxy) is 1. The third kappa shape index (κ3) is 7.87. The number of anilines is 1. The lowest BCUT2D eigenvalue weighted by Gasteiger charge is -2.34. The average molecular weight is 577 g/mol. The fourth-order valence-corrected chi connectivity index (χ4v) is 4.00. The third-order valence-electron chi connectivity index (χ3n) is 5.86. The number of para-hydroxylation sites is 1. The molecule has 0 aliphatic carbocycles. The number of aliphatic carboxylic acids is 1. The SMILES string of the molecule is O=C(Nc1noc2ccccc12)N1CCN(Cc2cccc(Oc3ccc(Cl)cc3)c2)CC1.O=C(O)C(F)(F)F. The van der Waals surface area contributed by atoms with E-state index in [0.717, 1.165) is 42.1 Å². The summed E-state index contributed by atoms with van der Waals surface area (Å²) in [5, 5.41) is 15.5. The average Bonchev–Trinajstić information content (AvgIpc) is 3.33. The van der Waals surface area contributed by atoms with Gasteiger partial charge in [0.15, 0.2) is 11.4 Å². The maximum atomic E-state index is 12.7. The Labute approximate surface area is 231 Å². The highest BCUT2D eigenvalue weighted by atomic mass is 35.5. The molecule has 9 nitrogen and oxygen atoms in total. The van der Waals surface area contributed by atoms with Crippen molar-refractivity contribution in [2.75, 3.05) is 31.5 Å². The molecule has 2 amide bonds. The number of rotatable bonds is 5. The van der Waals surface area contributed by atoms with Crippen molar-refractivity contribution >= 4 is 40.4 Å². The Morgan fingerprint density at radius 2 is 1.65 bits per heavy atom. The highest BCUT2D eigenvalue weighted by molar-refractivity contribution is 6.30. The second-order valence-electron chi connectivity index (χ2n) is 8.73. The molecule has 1 aliphatic heterocycles. The maximum Gasteiger partial charge on any atom is 0.490 e. The van der Waals surface area contributed by atoms with E-state index in [9.17, 15) is 18.0 Å². The number of urea groups is 1. The molecule has 210 valence electrons. The van der Waals surface area contributed by atoms with Gasteiger partial charge in [-0.15, -0.1) is 0 Å². The Morgan fingerprint density at radius 1 is 0.975 bits per heavy atom. The van der Waals surface area contributed by atoms with Crippen LogP contribution in [0.4, 0.5) is 23.8 Å². The van der Waals surface area contributed by atoms with Crippen molar-refractivity contribution in [1.29, 1.82) is 0 Å². The molecule has 0 unspecified atom stereocenters. The van der Waals surface area contributed by atoms with E-state index >= 15 is 0 Å². The van der Waals surface area contributed by atoms with Crippen LogP contribution in [-0.2, 0) is 11.3 Å². The molecule has 3 aromatic carbocycles. The van der Waals surface area contributed by atoms with Crippen molar-refractivity contribution < 1.29 is 37.1 Å². The van der Waals surface area contributed by atoms with Crippen molar-refractivity contribution in [2.24, 2.45) is 0 Å². The van der Waals surface area contributed by atoms with Crippen LogP contribution in [0.1, 0.15) is 5.56 Å². The molecule has 1 fully saturated rings. The predicted molar refractivity (Wildman–Crippen MR) is 142 cm³/mol. The van der Waals surface area contributed by atoms with Gasteiger partial charge in [0.1, 0.15) is 11.5 Å². The molecule has 40 heavy (non-hydrogen) atoms. The van der Waals surface area contributed by atoms with Gasteiger partial charge in [0, 0.05) is 37.7 Å². The lowest BCUT2D eigenvalue weighted by atomic mass is 10.2. The highest BCUT2D eigenvalue weighted by Crippen LogP contribution is 2.25. The van der Waals surface area contributed by atoms with Crippen LogP contribution in [-0.4, -0.2) is 64.4 Å². The first-order valence-electron chi connectivity index (χ1n) is 12.0. The number of hydrogen-bond acceptors (Lipinski definition) is 6. The molecule has 0 bridgehead atoms. The summed E-state index contributed by atoms with van der Waals surface area (Å²) in [5.74, 6) is -0.772. The molecule has 5 rings (SSSR count). The van der Waals surface area contributed by atoms with E-state index in [2.05, 4.69) is 21.4 Å². The molecular formula is C27H24ClF3N4O5. The van der Waals surface area contributed by atoms with Gasteiger partial charge in [0.25, 0.3) is 0 Å². The number of amides is 2. The van der Waals surface area contributed by atoms with Gasteiger partial charge in [-0.25, -0.2) is 9.59 Å². The fourth-order valence-electron chi connectivity index (χ4n) is 3.87. The molecular weight excluding hydrogens is 553 g/mol. The largest absolute Gasteiger partial charge is 0.490 e. The molecule has 1 aromatic heterocycles. The topological polar surface area (TPSA) is 108 Å². The van der Waals surface area contributed by atoms with Crippen molar-refractivity contribution in [2.45, 2.75) is 12.7 Å². The van der Waals surface area contributed by atoms with Gasteiger partial charge in [-0.1, -0.05) is 41.0 Å². The van der Waals surface area contributed by atoms with Gasteiger partial charge in [0.05, 0.1) is 5.39 Å². The molecule has 0 saturated carbocycles. The summed E-state index contributed by atoms with van der Waals surface area (Å²) in [6.07, 6.45) is -5.08. The van der Waals surface area contributed by atoms with Crippen molar-refractivity contribution in [3.63, 3.8) is 0 Å². The second kappa shape index (κ2) is 12.7. The van der Waals surface area contributed by atoms with E-state index in [1.54, 1.807) is 4.90 Å². The molecule has 2 heterocycles. The molecule has 0 spiro atoms. The minimum absolute atomic E-state index is 0.160. The first-order valence-corrected chi connectivity index (χ1v) is 12.4. The lowest BCUT2D eigenvalue weighted by molar-refractivity contribution is -0.192. The van der Waals surface area contributed by atoms with Gasteiger partial charge in [-0.05, 0) is 54.1 Å². The Morgan fingerprint density at radius 3 is 2.33 bits per heavy atom. The van der Waals surface area contributed by atoms with E-state index in [4.69, 9.17) is 30.8 Å². The molecule has 4 aromatic rings. The second-order valence-corrected chi connectivity index (χ2v) is 9.16. The quantitative estimate of drug-likeness (QED) is 0.289. The number of nitrogens with one attached hydrogen (secondary N) is 1. The van der Waals surface area contributed by atoms with Crippen molar-refractivity contribution in [3.8, 4) is 11.5 Å². The molecule has 1 saturated heterocycles. The van der Waals surface area contributed by atoms with Crippen LogP contribution in [0.2, 0.25) is 5.02 Å². The van der Waals surface area contributed by atoms with Gasteiger partial charge < -0.3 is 19.3 Å². The van der Waals surface area contributed by atoms with E-state index in [0.29, 0.717) is 29.5 Å². The monoisotopic (exact) mass is 576 g/mol. The van der Waals surface area contributed by atoms with Crippen LogP contribution in [0.3, 0.4) is 0 Å². The summed E-state index contributed by atoms with van der Waals surface area (Å²) in [4.78, 5) is 25.7. The maximum absolute atomic E-state index is 12.7. The zero-order valence-electron chi connectivity index (χ0n) is 20.9. The number of alkyl halides is 3. The highest BCUT2D eigenvalue weighted by Gasteiger charge is 2.38. The van der Waals surface area contributed by atoms with E-state index in [1.165, 1.54) is 0 Å². The summed E-state index contributed by atoms with van der Waals surface area (Å²) < 4.78 is 42.9. The fraction of sp³-hybridized carbons (Fsp3) is 0.222. The van der Waals surface area contributed by atoms with Crippen LogP contribution in [0.15, 0.2) is 77.3 Å². The molecule has 2 N–H and O–H groups in total. The Hall–Kier alpha value is -4.29. The number of fused-ring (bicyclic) bond motifs is 1. The van der Waals surface area contributed by atoms with Gasteiger partial charge in [-0.3, -0.25) is 10.2 Å². The van der Waals surface area contributed by atoms with Crippen molar-refractivity contribution in [3.05, 3.63) is 83.4 Å². The third-order valence-corrected chi connectivity index (χ3v) is 6.11. The number of carbonyl (C=O) groups excluding carboxylic acids is 1. The zero-order valence-corrected chi connectivity index (χ0v) is 21.7. The first kappa shape index (κ1) is 28.7.